The van der Waals surface area contributed by atoms with Gasteiger partial charge in [-0.2, -0.15) is 0 Å². The van der Waals surface area contributed by atoms with Gasteiger partial charge in [-0.3, -0.25) is 10.3 Å². The monoisotopic (exact) mass is 242 g/mol. The minimum atomic E-state index is -0.543. The fourth-order valence-corrected chi connectivity index (χ4v) is 1.49. The van der Waals surface area contributed by atoms with Crippen LogP contribution in [0.2, 0.25) is 5.02 Å². The molecule has 0 saturated heterocycles. The number of carbonyl (C=O) groups is 1. The minimum Gasteiger partial charge on any atom is -0.453 e. The van der Waals surface area contributed by atoms with Crippen LogP contribution in [0.3, 0.4) is 0 Å². The molecule has 1 rings (SSSR count). The molecule has 0 spiro atoms. The number of aromatic nitrogens is 1. The fourth-order valence-electron chi connectivity index (χ4n) is 1.28. The third kappa shape index (κ3) is 2.85. The van der Waals surface area contributed by atoms with Crippen molar-refractivity contribution in [1.82, 2.24) is 4.98 Å². The molecule has 1 aromatic heterocycles. The number of carbonyl (C=O) groups excluding carboxylic acids is 1. The molecule has 0 atom stereocenters. The molecule has 0 aliphatic heterocycles. The molecule has 0 unspecified atom stereocenters. The second-order valence-corrected chi connectivity index (χ2v) is 4.82. The van der Waals surface area contributed by atoms with Crippen molar-refractivity contribution in [2.45, 2.75) is 26.2 Å². The highest BCUT2D eigenvalue weighted by atomic mass is 35.5. The predicted molar refractivity (Wildman–Crippen MR) is 64.0 cm³/mol. The van der Waals surface area contributed by atoms with Crippen molar-refractivity contribution in [2.75, 3.05) is 12.4 Å². The Morgan fingerprint density at radius 2 is 2.06 bits per heavy atom. The van der Waals surface area contributed by atoms with E-state index in [1.165, 1.54) is 13.3 Å². The topological polar surface area (TPSA) is 51.2 Å². The molecule has 1 aromatic rings. The van der Waals surface area contributed by atoms with Crippen molar-refractivity contribution in [1.29, 1.82) is 0 Å². The fraction of sp³-hybridized carbons (Fsp3) is 0.455. The first-order valence-corrected chi connectivity index (χ1v) is 5.23. The summed E-state index contributed by atoms with van der Waals surface area (Å²) in [7, 11) is 1.31. The van der Waals surface area contributed by atoms with E-state index in [0.29, 0.717) is 10.7 Å². The Bertz CT molecular complexity index is 399. The van der Waals surface area contributed by atoms with Gasteiger partial charge in [0.1, 0.15) is 0 Å². The zero-order valence-electron chi connectivity index (χ0n) is 9.80. The first kappa shape index (κ1) is 12.8. The molecule has 0 aromatic carbocycles. The first-order valence-electron chi connectivity index (χ1n) is 4.85. The van der Waals surface area contributed by atoms with Crippen LogP contribution >= 0.6 is 11.6 Å². The van der Waals surface area contributed by atoms with Crippen molar-refractivity contribution in [3.05, 3.63) is 23.0 Å². The highest BCUT2D eigenvalue weighted by molar-refractivity contribution is 6.33. The number of ether oxygens (including phenoxy) is 1. The molecule has 1 amide bonds. The third-order valence-corrected chi connectivity index (χ3v) is 2.41. The third-order valence-electron chi connectivity index (χ3n) is 2.12. The summed E-state index contributed by atoms with van der Waals surface area (Å²) in [6, 6.07) is 0. The molecule has 0 aliphatic carbocycles. The average Bonchev–Trinajstić information content (AvgIpc) is 2.19. The summed E-state index contributed by atoms with van der Waals surface area (Å²) in [5.41, 5.74) is 1.26. The number of nitrogens with one attached hydrogen (secondary N) is 1. The van der Waals surface area contributed by atoms with E-state index < -0.39 is 6.09 Å². The number of hydrogen-bond donors (Lipinski definition) is 1. The van der Waals surface area contributed by atoms with Crippen LogP contribution in [0.4, 0.5) is 10.5 Å². The Kier molecular flexibility index (Phi) is 3.75. The maximum Gasteiger partial charge on any atom is 0.411 e. The Labute approximate surface area is 100.0 Å². The predicted octanol–water partition coefficient (Wildman–Crippen LogP) is 3.21. The van der Waals surface area contributed by atoms with E-state index in [0.717, 1.165) is 5.56 Å². The number of hydrogen-bond acceptors (Lipinski definition) is 3. The van der Waals surface area contributed by atoms with Gasteiger partial charge in [-0.05, 0) is 5.41 Å². The molecule has 1 heterocycles. The average molecular weight is 243 g/mol. The van der Waals surface area contributed by atoms with Crippen LogP contribution in [0.15, 0.2) is 12.4 Å². The van der Waals surface area contributed by atoms with E-state index in [4.69, 9.17) is 11.6 Å². The van der Waals surface area contributed by atoms with Crippen molar-refractivity contribution in [3.63, 3.8) is 0 Å². The number of anilines is 1. The van der Waals surface area contributed by atoms with Gasteiger partial charge in [0.15, 0.2) is 0 Å². The van der Waals surface area contributed by atoms with Crippen molar-refractivity contribution < 1.29 is 9.53 Å². The van der Waals surface area contributed by atoms with Crippen LogP contribution in [0.25, 0.3) is 0 Å². The van der Waals surface area contributed by atoms with Crippen LogP contribution in [0.5, 0.6) is 0 Å². The molecule has 4 nitrogen and oxygen atoms in total. The van der Waals surface area contributed by atoms with Crippen LogP contribution in [0.1, 0.15) is 26.3 Å². The quantitative estimate of drug-likeness (QED) is 0.823. The summed E-state index contributed by atoms with van der Waals surface area (Å²) in [6.45, 7) is 6.05. The lowest BCUT2D eigenvalue weighted by Gasteiger charge is -2.22. The van der Waals surface area contributed by atoms with Crippen molar-refractivity contribution in [3.8, 4) is 0 Å². The van der Waals surface area contributed by atoms with E-state index in [1.807, 2.05) is 20.8 Å². The summed E-state index contributed by atoms with van der Waals surface area (Å²) >= 11 is 6.00. The van der Waals surface area contributed by atoms with Crippen LogP contribution in [0, 0.1) is 0 Å². The second kappa shape index (κ2) is 4.70. The molecule has 0 radical (unpaired) electrons. The van der Waals surface area contributed by atoms with E-state index in [-0.39, 0.29) is 5.41 Å². The Morgan fingerprint density at radius 3 is 2.56 bits per heavy atom. The van der Waals surface area contributed by atoms with E-state index >= 15 is 0 Å². The number of halogens is 1. The second-order valence-electron chi connectivity index (χ2n) is 4.41. The van der Waals surface area contributed by atoms with Crippen LogP contribution < -0.4 is 5.32 Å². The molecule has 0 fully saturated rings. The SMILES string of the molecule is COC(=O)Nc1c(Cl)cncc1C(C)(C)C. The summed E-state index contributed by atoms with van der Waals surface area (Å²) in [5, 5.41) is 3.00. The highest BCUT2D eigenvalue weighted by Crippen LogP contribution is 2.33. The Balaban J connectivity index is 3.19. The highest BCUT2D eigenvalue weighted by Gasteiger charge is 2.21. The number of amides is 1. The maximum atomic E-state index is 11.2. The number of methoxy groups -OCH3 is 1. The number of pyridine rings is 1. The Hall–Kier alpha value is -1.29. The van der Waals surface area contributed by atoms with Gasteiger partial charge >= 0.3 is 6.09 Å². The molecular weight excluding hydrogens is 228 g/mol. The zero-order chi connectivity index (χ0) is 12.3. The first-order chi connectivity index (χ1) is 7.36. The molecule has 0 bridgehead atoms. The molecule has 1 N–H and O–H groups in total. The van der Waals surface area contributed by atoms with E-state index in [9.17, 15) is 4.79 Å². The van der Waals surface area contributed by atoms with Crippen LogP contribution in [-0.2, 0) is 10.2 Å². The molecule has 5 heteroatoms. The normalized spacial score (nSPS) is 11.1. The van der Waals surface area contributed by atoms with Gasteiger partial charge in [0.25, 0.3) is 0 Å². The maximum absolute atomic E-state index is 11.2. The molecule has 88 valence electrons. The smallest absolute Gasteiger partial charge is 0.411 e. The number of rotatable bonds is 1. The van der Waals surface area contributed by atoms with Crippen LogP contribution in [-0.4, -0.2) is 18.2 Å². The van der Waals surface area contributed by atoms with Gasteiger partial charge in [0.2, 0.25) is 0 Å². The molecule has 0 saturated carbocycles. The van der Waals surface area contributed by atoms with E-state index in [2.05, 4.69) is 15.0 Å². The lowest BCUT2D eigenvalue weighted by atomic mass is 9.87. The molecular formula is C11H15ClN2O2. The van der Waals surface area contributed by atoms with Gasteiger partial charge in [0.05, 0.1) is 17.8 Å². The van der Waals surface area contributed by atoms with Gasteiger partial charge in [-0.25, -0.2) is 4.79 Å². The number of nitrogens with zero attached hydrogens (tertiary/aromatic N) is 1. The molecule has 16 heavy (non-hydrogen) atoms. The minimum absolute atomic E-state index is 0.158. The summed E-state index contributed by atoms with van der Waals surface area (Å²) in [5.74, 6) is 0. The van der Waals surface area contributed by atoms with E-state index in [1.54, 1.807) is 6.20 Å². The van der Waals surface area contributed by atoms with Gasteiger partial charge in [-0.15, -0.1) is 0 Å². The van der Waals surface area contributed by atoms with Gasteiger partial charge in [-0.1, -0.05) is 32.4 Å². The largest absolute Gasteiger partial charge is 0.453 e. The standard InChI is InChI=1S/C11H15ClN2O2/c1-11(2,3)7-5-13-6-8(12)9(7)14-10(15)16-4/h5-6H,1-4H3,(H,13,14,15). The summed E-state index contributed by atoms with van der Waals surface area (Å²) < 4.78 is 4.55. The lowest BCUT2D eigenvalue weighted by Crippen LogP contribution is -2.19. The van der Waals surface area contributed by atoms with Crippen molar-refractivity contribution in [2.24, 2.45) is 0 Å². The molecule has 0 aliphatic rings. The van der Waals surface area contributed by atoms with Gasteiger partial charge in [0, 0.05) is 18.0 Å². The Morgan fingerprint density at radius 1 is 1.44 bits per heavy atom. The summed E-state index contributed by atoms with van der Waals surface area (Å²) in [6.07, 6.45) is 2.64. The van der Waals surface area contributed by atoms with Crippen molar-refractivity contribution >= 4 is 23.4 Å². The lowest BCUT2D eigenvalue weighted by molar-refractivity contribution is 0.187. The van der Waals surface area contributed by atoms with Gasteiger partial charge < -0.3 is 4.74 Å². The summed E-state index contributed by atoms with van der Waals surface area (Å²) in [4.78, 5) is 15.2. The zero-order valence-corrected chi connectivity index (χ0v) is 10.6.